The van der Waals surface area contributed by atoms with Gasteiger partial charge in [0.25, 0.3) is 0 Å². The second-order valence-corrected chi connectivity index (χ2v) is 5.07. The molecule has 2 amide bonds. The largest absolute Gasteiger partial charge is 0.478 e. The van der Waals surface area contributed by atoms with Gasteiger partial charge in [-0.25, -0.2) is 9.59 Å². The van der Waals surface area contributed by atoms with Crippen molar-refractivity contribution in [2.45, 2.75) is 19.8 Å². The van der Waals surface area contributed by atoms with E-state index in [-0.39, 0.29) is 11.6 Å². The zero-order valence-corrected chi connectivity index (χ0v) is 12.2. The third-order valence-corrected chi connectivity index (χ3v) is 3.57. The second-order valence-electron chi connectivity index (χ2n) is 5.07. The molecule has 112 valence electrons. The SMILES string of the molecule is C=CCN(CCC)C(=O)N1CCc2ccc(C(=O)O)cc21. The molecule has 1 N–H and O–H groups in total. The van der Waals surface area contributed by atoms with Gasteiger partial charge in [0.05, 0.1) is 5.56 Å². The van der Waals surface area contributed by atoms with Crippen LogP contribution in [0, 0.1) is 0 Å². The molecule has 1 aromatic rings. The lowest BCUT2D eigenvalue weighted by Gasteiger charge is -2.27. The molecular formula is C16H20N2O3. The summed E-state index contributed by atoms with van der Waals surface area (Å²) in [5, 5.41) is 9.09. The van der Waals surface area contributed by atoms with Crippen molar-refractivity contribution in [3.63, 3.8) is 0 Å². The minimum Gasteiger partial charge on any atom is -0.478 e. The van der Waals surface area contributed by atoms with Gasteiger partial charge in [0.2, 0.25) is 0 Å². The Bertz CT molecular complexity index is 569. The van der Waals surface area contributed by atoms with Crippen molar-refractivity contribution in [1.29, 1.82) is 0 Å². The molecule has 0 atom stereocenters. The minimum atomic E-state index is -0.978. The number of carbonyl (C=O) groups excluding carboxylic acids is 1. The molecule has 1 aromatic carbocycles. The monoisotopic (exact) mass is 288 g/mol. The predicted molar refractivity (Wildman–Crippen MR) is 81.9 cm³/mol. The van der Waals surface area contributed by atoms with E-state index in [4.69, 9.17) is 5.11 Å². The summed E-state index contributed by atoms with van der Waals surface area (Å²) in [4.78, 5) is 27.1. The number of carboxylic acids is 1. The van der Waals surface area contributed by atoms with E-state index in [2.05, 4.69) is 6.58 Å². The number of urea groups is 1. The molecular weight excluding hydrogens is 268 g/mol. The highest BCUT2D eigenvalue weighted by Gasteiger charge is 2.28. The standard InChI is InChI=1S/C16H20N2O3/c1-3-8-17(9-4-2)16(21)18-10-7-12-5-6-13(15(19)20)11-14(12)18/h3,5-6,11H,1,4,7-10H2,2H3,(H,19,20). The number of carboxylic acid groups (broad SMARTS) is 1. The van der Waals surface area contributed by atoms with Crippen LogP contribution >= 0.6 is 0 Å². The van der Waals surface area contributed by atoms with Gasteiger partial charge in [-0.1, -0.05) is 19.1 Å². The summed E-state index contributed by atoms with van der Waals surface area (Å²) < 4.78 is 0. The van der Waals surface area contributed by atoms with Gasteiger partial charge in [0, 0.05) is 25.3 Å². The van der Waals surface area contributed by atoms with Crippen LogP contribution in [-0.4, -0.2) is 41.6 Å². The topological polar surface area (TPSA) is 60.9 Å². The van der Waals surface area contributed by atoms with E-state index in [0.717, 1.165) is 18.4 Å². The molecule has 1 aliphatic rings. The van der Waals surface area contributed by atoms with Gasteiger partial charge in [-0.3, -0.25) is 4.90 Å². The zero-order chi connectivity index (χ0) is 15.4. The number of nitrogens with zero attached hydrogens (tertiary/aromatic N) is 2. The number of aromatic carboxylic acids is 1. The number of hydrogen-bond acceptors (Lipinski definition) is 2. The number of anilines is 1. The quantitative estimate of drug-likeness (QED) is 0.847. The summed E-state index contributed by atoms with van der Waals surface area (Å²) in [6, 6.07) is 4.88. The zero-order valence-electron chi connectivity index (χ0n) is 12.2. The number of rotatable bonds is 5. The molecule has 1 aliphatic heterocycles. The van der Waals surface area contributed by atoms with Crippen molar-refractivity contribution < 1.29 is 14.7 Å². The highest BCUT2D eigenvalue weighted by molar-refractivity contribution is 5.97. The average Bonchev–Trinajstić information content (AvgIpc) is 2.89. The maximum atomic E-state index is 12.6. The van der Waals surface area contributed by atoms with Crippen LogP contribution in [0.5, 0.6) is 0 Å². The van der Waals surface area contributed by atoms with Crippen LogP contribution in [0.4, 0.5) is 10.5 Å². The van der Waals surface area contributed by atoms with Crippen LogP contribution in [0.2, 0.25) is 0 Å². The van der Waals surface area contributed by atoms with Crippen LogP contribution in [0.3, 0.4) is 0 Å². The van der Waals surface area contributed by atoms with Crippen molar-refractivity contribution >= 4 is 17.7 Å². The fourth-order valence-electron chi connectivity index (χ4n) is 2.57. The van der Waals surface area contributed by atoms with Crippen molar-refractivity contribution in [1.82, 2.24) is 4.90 Å². The van der Waals surface area contributed by atoms with Gasteiger partial charge < -0.3 is 10.0 Å². The van der Waals surface area contributed by atoms with Gasteiger partial charge in [0.1, 0.15) is 0 Å². The van der Waals surface area contributed by atoms with E-state index in [1.54, 1.807) is 34.1 Å². The summed E-state index contributed by atoms with van der Waals surface area (Å²) >= 11 is 0. The highest BCUT2D eigenvalue weighted by Crippen LogP contribution is 2.30. The molecule has 0 spiro atoms. The molecule has 0 radical (unpaired) electrons. The molecule has 1 heterocycles. The summed E-state index contributed by atoms with van der Waals surface area (Å²) in [7, 11) is 0. The molecule has 5 nitrogen and oxygen atoms in total. The number of carbonyl (C=O) groups is 2. The fraction of sp³-hybridized carbons (Fsp3) is 0.375. The van der Waals surface area contributed by atoms with E-state index in [1.165, 1.54) is 0 Å². The van der Waals surface area contributed by atoms with E-state index in [9.17, 15) is 9.59 Å². The fourth-order valence-corrected chi connectivity index (χ4v) is 2.57. The number of benzene rings is 1. The number of amides is 2. The molecule has 0 saturated heterocycles. The molecule has 21 heavy (non-hydrogen) atoms. The molecule has 0 fully saturated rings. The third kappa shape index (κ3) is 3.07. The van der Waals surface area contributed by atoms with Crippen molar-refractivity contribution in [3.05, 3.63) is 42.0 Å². The number of hydrogen-bond donors (Lipinski definition) is 1. The Kier molecular flexibility index (Phi) is 4.62. The first-order valence-electron chi connectivity index (χ1n) is 7.12. The maximum Gasteiger partial charge on any atom is 0.335 e. The highest BCUT2D eigenvalue weighted by atomic mass is 16.4. The van der Waals surface area contributed by atoms with E-state index in [0.29, 0.717) is 25.3 Å². The summed E-state index contributed by atoms with van der Waals surface area (Å²) in [5.74, 6) is -0.978. The lowest BCUT2D eigenvalue weighted by atomic mass is 10.1. The van der Waals surface area contributed by atoms with Crippen LogP contribution < -0.4 is 4.90 Å². The third-order valence-electron chi connectivity index (χ3n) is 3.57. The Balaban J connectivity index is 2.27. The number of fused-ring (bicyclic) bond motifs is 1. The van der Waals surface area contributed by atoms with Gasteiger partial charge in [-0.2, -0.15) is 0 Å². The lowest BCUT2D eigenvalue weighted by molar-refractivity contribution is 0.0697. The minimum absolute atomic E-state index is 0.0851. The van der Waals surface area contributed by atoms with E-state index >= 15 is 0 Å². The molecule has 0 aromatic heterocycles. The van der Waals surface area contributed by atoms with Crippen molar-refractivity contribution in [2.24, 2.45) is 0 Å². The molecule has 5 heteroatoms. The van der Waals surface area contributed by atoms with E-state index in [1.807, 2.05) is 6.92 Å². The Hall–Kier alpha value is -2.30. The lowest BCUT2D eigenvalue weighted by Crippen LogP contribution is -2.43. The van der Waals surface area contributed by atoms with Crippen LogP contribution in [0.15, 0.2) is 30.9 Å². The van der Waals surface area contributed by atoms with E-state index < -0.39 is 5.97 Å². The normalized spacial score (nSPS) is 12.9. The first-order chi connectivity index (χ1) is 10.1. The molecule has 2 rings (SSSR count). The van der Waals surface area contributed by atoms with Gasteiger partial charge in [-0.05, 0) is 30.5 Å². The van der Waals surface area contributed by atoms with Crippen LogP contribution in [0.1, 0.15) is 29.3 Å². The van der Waals surface area contributed by atoms with Crippen LogP contribution in [-0.2, 0) is 6.42 Å². The Morgan fingerprint density at radius 3 is 2.86 bits per heavy atom. The summed E-state index contributed by atoms with van der Waals surface area (Å²) in [5.41, 5.74) is 1.94. The van der Waals surface area contributed by atoms with Crippen LogP contribution in [0.25, 0.3) is 0 Å². The molecule has 0 aliphatic carbocycles. The molecule has 0 unspecified atom stereocenters. The smallest absolute Gasteiger partial charge is 0.335 e. The predicted octanol–water partition coefficient (Wildman–Crippen LogP) is 2.77. The molecule has 0 saturated carbocycles. The second kappa shape index (κ2) is 6.43. The maximum absolute atomic E-state index is 12.6. The van der Waals surface area contributed by atoms with Gasteiger partial charge in [-0.15, -0.1) is 6.58 Å². The summed E-state index contributed by atoms with van der Waals surface area (Å²) in [6.45, 7) is 7.45. The Morgan fingerprint density at radius 2 is 2.24 bits per heavy atom. The first kappa shape index (κ1) is 15.1. The van der Waals surface area contributed by atoms with Crippen molar-refractivity contribution in [2.75, 3.05) is 24.5 Å². The average molecular weight is 288 g/mol. The Morgan fingerprint density at radius 1 is 1.48 bits per heavy atom. The van der Waals surface area contributed by atoms with Crippen molar-refractivity contribution in [3.8, 4) is 0 Å². The summed E-state index contributed by atoms with van der Waals surface area (Å²) in [6.07, 6.45) is 3.34. The Labute approximate surface area is 124 Å². The van der Waals surface area contributed by atoms with Gasteiger partial charge in [0.15, 0.2) is 0 Å². The van der Waals surface area contributed by atoms with Gasteiger partial charge >= 0.3 is 12.0 Å². The first-order valence-corrected chi connectivity index (χ1v) is 7.12. The molecule has 0 bridgehead atoms.